The highest BCUT2D eigenvalue weighted by molar-refractivity contribution is 5.93. The number of aryl methyl sites for hydroxylation is 5. The number of benzene rings is 1. The summed E-state index contributed by atoms with van der Waals surface area (Å²) in [6.45, 7) is 17.3. The predicted molar refractivity (Wildman–Crippen MR) is 121 cm³/mol. The molecule has 1 aromatic carbocycles. The van der Waals surface area contributed by atoms with Crippen molar-refractivity contribution in [2.24, 2.45) is 0 Å². The molecule has 0 unspecified atom stereocenters. The molecule has 1 fully saturated rings. The molecule has 0 amide bonds. The van der Waals surface area contributed by atoms with Gasteiger partial charge in [0.1, 0.15) is 11.6 Å². The monoisotopic (exact) mass is 391 g/mol. The third kappa shape index (κ3) is 3.64. The molecule has 2 aromatic heterocycles. The van der Waals surface area contributed by atoms with E-state index in [0.717, 1.165) is 35.8 Å². The Bertz CT molecular complexity index is 1030. The lowest BCUT2D eigenvalue weighted by Gasteiger charge is -2.17. The van der Waals surface area contributed by atoms with Gasteiger partial charge in [-0.25, -0.2) is 9.97 Å². The second-order valence-corrected chi connectivity index (χ2v) is 8.59. The van der Waals surface area contributed by atoms with Crippen molar-refractivity contribution in [3.8, 4) is 5.69 Å². The van der Waals surface area contributed by atoms with Crippen molar-refractivity contribution >= 4 is 16.9 Å². The number of aromatic nitrogens is 3. The Balaban J connectivity index is 1.79. The number of hydrogen-bond acceptors (Lipinski definition) is 4. The third-order valence-corrected chi connectivity index (χ3v) is 6.24. The van der Waals surface area contributed by atoms with Crippen molar-refractivity contribution in [3.63, 3.8) is 0 Å². The van der Waals surface area contributed by atoms with Crippen molar-refractivity contribution in [1.82, 2.24) is 19.4 Å². The molecular formula is C24H33N5. The van der Waals surface area contributed by atoms with Gasteiger partial charge in [-0.2, -0.15) is 0 Å². The van der Waals surface area contributed by atoms with E-state index in [9.17, 15) is 0 Å². The zero-order valence-electron chi connectivity index (χ0n) is 18.7. The number of nitrogens with one attached hydrogen (secondary N) is 1. The highest BCUT2D eigenvalue weighted by Crippen LogP contribution is 2.34. The number of rotatable bonds is 5. The molecule has 0 radical (unpaired) electrons. The van der Waals surface area contributed by atoms with Gasteiger partial charge in [0, 0.05) is 18.8 Å². The molecule has 1 N–H and O–H groups in total. The van der Waals surface area contributed by atoms with Crippen molar-refractivity contribution < 1.29 is 0 Å². The van der Waals surface area contributed by atoms with Crippen molar-refractivity contribution in [2.75, 3.05) is 31.5 Å². The van der Waals surface area contributed by atoms with E-state index in [1.165, 1.54) is 59.6 Å². The summed E-state index contributed by atoms with van der Waals surface area (Å²) in [5.41, 5.74) is 8.59. The van der Waals surface area contributed by atoms with Crippen LogP contribution in [0.15, 0.2) is 12.1 Å². The van der Waals surface area contributed by atoms with Gasteiger partial charge in [-0.1, -0.05) is 17.7 Å². The van der Waals surface area contributed by atoms with Gasteiger partial charge in [0.25, 0.3) is 0 Å². The minimum absolute atomic E-state index is 0.808. The summed E-state index contributed by atoms with van der Waals surface area (Å²) in [7, 11) is 0. The zero-order chi connectivity index (χ0) is 20.7. The van der Waals surface area contributed by atoms with Crippen LogP contribution in [-0.4, -0.2) is 45.6 Å². The normalized spacial score (nSPS) is 14.8. The maximum absolute atomic E-state index is 4.89. The van der Waals surface area contributed by atoms with Crippen LogP contribution in [0, 0.1) is 41.5 Å². The van der Waals surface area contributed by atoms with E-state index in [1.807, 2.05) is 6.92 Å². The quantitative estimate of drug-likeness (QED) is 0.680. The first kappa shape index (κ1) is 19.9. The predicted octanol–water partition coefficient (Wildman–Crippen LogP) is 4.78. The lowest BCUT2D eigenvalue weighted by atomic mass is 10.0. The fraction of sp³-hybridized carbons (Fsp3) is 0.500. The van der Waals surface area contributed by atoms with E-state index in [2.05, 4.69) is 61.5 Å². The Morgan fingerprint density at radius 2 is 1.59 bits per heavy atom. The topological polar surface area (TPSA) is 46.0 Å². The van der Waals surface area contributed by atoms with Crippen LogP contribution < -0.4 is 5.32 Å². The Morgan fingerprint density at radius 1 is 0.931 bits per heavy atom. The van der Waals surface area contributed by atoms with E-state index in [4.69, 9.17) is 9.97 Å². The zero-order valence-corrected chi connectivity index (χ0v) is 18.7. The lowest BCUT2D eigenvalue weighted by Crippen LogP contribution is -2.26. The number of hydrogen-bond donors (Lipinski definition) is 1. The molecular weight excluding hydrogens is 358 g/mol. The first-order valence-corrected chi connectivity index (χ1v) is 10.8. The van der Waals surface area contributed by atoms with Crippen LogP contribution >= 0.6 is 0 Å². The molecule has 0 aliphatic carbocycles. The molecule has 4 rings (SSSR count). The minimum atomic E-state index is 0.808. The van der Waals surface area contributed by atoms with Gasteiger partial charge < -0.3 is 10.2 Å². The molecule has 0 spiro atoms. The summed E-state index contributed by atoms with van der Waals surface area (Å²) >= 11 is 0. The van der Waals surface area contributed by atoms with Crippen LogP contribution in [0.25, 0.3) is 16.7 Å². The summed E-state index contributed by atoms with van der Waals surface area (Å²) < 4.78 is 2.33. The van der Waals surface area contributed by atoms with Crippen molar-refractivity contribution in [1.29, 1.82) is 0 Å². The van der Waals surface area contributed by atoms with Crippen LogP contribution in [0.1, 0.15) is 46.6 Å². The SMILES string of the molecule is Cc1cc(C)c(-n2c(C)c(C)c3c(NCCN4CCCC4)nc(C)nc32)c(C)c1. The van der Waals surface area contributed by atoms with Crippen LogP contribution in [-0.2, 0) is 0 Å². The number of anilines is 1. The van der Waals surface area contributed by atoms with Gasteiger partial charge in [-0.3, -0.25) is 4.57 Å². The maximum atomic E-state index is 4.89. The second-order valence-electron chi connectivity index (χ2n) is 8.59. The molecule has 0 bridgehead atoms. The second kappa shape index (κ2) is 7.79. The van der Waals surface area contributed by atoms with Crippen molar-refractivity contribution in [3.05, 3.63) is 45.9 Å². The highest BCUT2D eigenvalue weighted by atomic mass is 15.2. The molecule has 1 aliphatic heterocycles. The number of fused-ring (bicyclic) bond motifs is 1. The van der Waals surface area contributed by atoms with E-state index in [0.29, 0.717) is 0 Å². The molecule has 3 heterocycles. The Labute approximate surface area is 174 Å². The molecule has 1 saturated heterocycles. The lowest BCUT2D eigenvalue weighted by molar-refractivity contribution is 0.352. The summed E-state index contributed by atoms with van der Waals surface area (Å²) in [6, 6.07) is 4.51. The molecule has 3 aromatic rings. The van der Waals surface area contributed by atoms with Crippen LogP contribution in [0.2, 0.25) is 0 Å². The summed E-state index contributed by atoms with van der Waals surface area (Å²) in [4.78, 5) is 12.2. The van der Waals surface area contributed by atoms with Gasteiger partial charge in [0.05, 0.1) is 11.1 Å². The molecule has 5 nitrogen and oxygen atoms in total. The molecule has 0 atom stereocenters. The van der Waals surface area contributed by atoms with E-state index in [1.54, 1.807) is 0 Å². The molecule has 1 aliphatic rings. The van der Waals surface area contributed by atoms with Gasteiger partial charge in [0.15, 0.2) is 5.65 Å². The van der Waals surface area contributed by atoms with Crippen LogP contribution in [0.3, 0.4) is 0 Å². The molecule has 5 heteroatoms. The van der Waals surface area contributed by atoms with Gasteiger partial charge in [-0.05, 0) is 84.2 Å². The molecule has 0 saturated carbocycles. The largest absolute Gasteiger partial charge is 0.368 e. The average Bonchev–Trinajstić information content (AvgIpc) is 3.23. The number of likely N-dealkylation sites (tertiary alicyclic amines) is 1. The first-order valence-electron chi connectivity index (χ1n) is 10.8. The van der Waals surface area contributed by atoms with Crippen LogP contribution in [0.4, 0.5) is 5.82 Å². The maximum Gasteiger partial charge on any atom is 0.150 e. The van der Waals surface area contributed by atoms with Gasteiger partial charge >= 0.3 is 0 Å². The van der Waals surface area contributed by atoms with Crippen LogP contribution in [0.5, 0.6) is 0 Å². The van der Waals surface area contributed by atoms with Gasteiger partial charge in [-0.15, -0.1) is 0 Å². The molecule has 29 heavy (non-hydrogen) atoms. The third-order valence-electron chi connectivity index (χ3n) is 6.24. The van der Waals surface area contributed by atoms with E-state index < -0.39 is 0 Å². The van der Waals surface area contributed by atoms with E-state index in [-0.39, 0.29) is 0 Å². The fourth-order valence-corrected chi connectivity index (χ4v) is 4.84. The summed E-state index contributed by atoms with van der Waals surface area (Å²) in [5.74, 6) is 1.77. The Hall–Kier alpha value is -2.40. The smallest absolute Gasteiger partial charge is 0.150 e. The summed E-state index contributed by atoms with van der Waals surface area (Å²) in [5, 5.41) is 4.77. The Kier molecular flexibility index (Phi) is 5.34. The van der Waals surface area contributed by atoms with E-state index >= 15 is 0 Å². The number of nitrogens with zero attached hydrogens (tertiary/aromatic N) is 4. The summed E-state index contributed by atoms with van der Waals surface area (Å²) in [6.07, 6.45) is 2.65. The fourth-order valence-electron chi connectivity index (χ4n) is 4.84. The molecule has 154 valence electrons. The minimum Gasteiger partial charge on any atom is -0.368 e. The first-order chi connectivity index (χ1) is 13.9. The standard InChI is InChI=1S/C24H33N5/c1-15-13-16(2)22(17(3)14-15)29-19(5)18(4)21-23(26-20(6)27-24(21)29)25-9-12-28-10-7-8-11-28/h13-14H,7-12H2,1-6H3,(H,25,26,27). The average molecular weight is 392 g/mol. The Morgan fingerprint density at radius 3 is 2.24 bits per heavy atom. The van der Waals surface area contributed by atoms with Crippen molar-refractivity contribution in [2.45, 2.75) is 54.4 Å². The highest BCUT2D eigenvalue weighted by Gasteiger charge is 2.21. The van der Waals surface area contributed by atoms with Gasteiger partial charge in [0.2, 0.25) is 0 Å².